The molecule has 0 aliphatic carbocycles. The van der Waals surface area contributed by atoms with Gasteiger partial charge in [0.25, 0.3) is 5.56 Å². The third kappa shape index (κ3) is 5.15. The fourth-order valence-corrected chi connectivity index (χ4v) is 5.84. The number of carbonyl (C=O) groups is 2. The number of aryl methyl sites for hydroxylation is 2. The highest BCUT2D eigenvalue weighted by molar-refractivity contribution is 7.99. The summed E-state index contributed by atoms with van der Waals surface area (Å²) in [7, 11) is 1.30. The molecular formula is C22H20N4O4S3. The Balaban J connectivity index is 1.59. The Bertz CT molecular complexity index is 1390. The second-order valence-electron chi connectivity index (χ2n) is 7.15. The highest BCUT2D eigenvalue weighted by Gasteiger charge is 2.19. The number of methoxy groups -OCH3 is 1. The lowest BCUT2D eigenvalue weighted by atomic mass is 10.3. The molecule has 0 fully saturated rings. The van der Waals surface area contributed by atoms with Gasteiger partial charge in [-0.2, -0.15) is 0 Å². The SMILES string of the molecule is COC(=O)c1cc(C)sc1NC(=O)CSc1nc2sc(C)cc2c(=O)n1Cc1cccnc1. The first-order valence-corrected chi connectivity index (χ1v) is 12.5. The van der Waals surface area contributed by atoms with Crippen LogP contribution < -0.4 is 10.9 Å². The summed E-state index contributed by atoms with van der Waals surface area (Å²) in [6.07, 6.45) is 3.37. The summed E-state index contributed by atoms with van der Waals surface area (Å²) in [5.74, 6) is -0.795. The molecule has 0 aliphatic heterocycles. The average molecular weight is 501 g/mol. The smallest absolute Gasteiger partial charge is 0.340 e. The second-order valence-corrected chi connectivity index (χ2v) is 10.6. The van der Waals surface area contributed by atoms with Crippen molar-refractivity contribution >= 4 is 61.5 Å². The molecule has 0 atom stereocenters. The fourth-order valence-electron chi connectivity index (χ4n) is 3.20. The van der Waals surface area contributed by atoms with Crippen molar-refractivity contribution in [2.75, 3.05) is 18.2 Å². The van der Waals surface area contributed by atoms with Gasteiger partial charge in [0.1, 0.15) is 9.83 Å². The van der Waals surface area contributed by atoms with Gasteiger partial charge in [-0.1, -0.05) is 17.8 Å². The van der Waals surface area contributed by atoms with E-state index in [0.29, 0.717) is 32.5 Å². The third-order valence-corrected chi connectivity index (χ3v) is 7.54. The number of ether oxygens (including phenoxy) is 1. The minimum atomic E-state index is -0.507. The first-order chi connectivity index (χ1) is 15.9. The molecule has 11 heteroatoms. The number of hydrogen-bond acceptors (Lipinski definition) is 9. The molecule has 0 aromatic carbocycles. The van der Waals surface area contributed by atoms with E-state index in [1.54, 1.807) is 23.0 Å². The minimum absolute atomic E-state index is 0.0207. The number of rotatable bonds is 7. The van der Waals surface area contributed by atoms with Gasteiger partial charge in [-0.05, 0) is 37.6 Å². The number of nitrogens with zero attached hydrogens (tertiary/aromatic N) is 3. The second kappa shape index (κ2) is 9.86. The van der Waals surface area contributed by atoms with Crippen LogP contribution in [0.3, 0.4) is 0 Å². The molecule has 0 aliphatic rings. The number of hydrogen-bond donors (Lipinski definition) is 1. The maximum Gasteiger partial charge on any atom is 0.340 e. The molecule has 0 radical (unpaired) electrons. The normalized spacial score (nSPS) is 11.0. The Labute approximate surface area is 201 Å². The summed E-state index contributed by atoms with van der Waals surface area (Å²) in [6.45, 7) is 4.07. The van der Waals surface area contributed by atoms with Gasteiger partial charge in [0.2, 0.25) is 5.91 Å². The van der Waals surface area contributed by atoms with E-state index in [2.05, 4.69) is 15.3 Å². The summed E-state index contributed by atoms with van der Waals surface area (Å²) in [4.78, 5) is 49.1. The quantitative estimate of drug-likeness (QED) is 0.231. The van der Waals surface area contributed by atoms with E-state index in [4.69, 9.17) is 4.74 Å². The molecule has 0 saturated carbocycles. The van der Waals surface area contributed by atoms with E-state index in [0.717, 1.165) is 15.3 Å². The van der Waals surface area contributed by atoms with Crippen LogP contribution in [0.4, 0.5) is 5.00 Å². The molecule has 170 valence electrons. The zero-order chi connectivity index (χ0) is 23.5. The van der Waals surface area contributed by atoms with Gasteiger partial charge in [-0.15, -0.1) is 22.7 Å². The maximum absolute atomic E-state index is 13.2. The maximum atomic E-state index is 13.2. The van der Waals surface area contributed by atoms with Crippen LogP contribution in [0.1, 0.15) is 25.7 Å². The van der Waals surface area contributed by atoms with E-state index in [9.17, 15) is 14.4 Å². The summed E-state index contributed by atoms with van der Waals surface area (Å²) in [6, 6.07) is 7.21. The van der Waals surface area contributed by atoms with Gasteiger partial charge >= 0.3 is 5.97 Å². The monoisotopic (exact) mass is 500 g/mol. The molecule has 8 nitrogen and oxygen atoms in total. The number of thioether (sulfide) groups is 1. The van der Waals surface area contributed by atoms with Gasteiger partial charge in [0.05, 0.1) is 30.4 Å². The highest BCUT2D eigenvalue weighted by Crippen LogP contribution is 2.29. The van der Waals surface area contributed by atoms with Crippen LogP contribution in [0.15, 0.2) is 46.6 Å². The number of pyridine rings is 1. The molecule has 4 aromatic rings. The number of aromatic nitrogens is 3. The molecular weight excluding hydrogens is 480 g/mol. The van der Waals surface area contributed by atoms with Crippen molar-refractivity contribution in [2.24, 2.45) is 0 Å². The van der Waals surface area contributed by atoms with Crippen molar-refractivity contribution in [3.63, 3.8) is 0 Å². The van der Waals surface area contributed by atoms with E-state index >= 15 is 0 Å². The van der Waals surface area contributed by atoms with Gasteiger partial charge in [-0.25, -0.2) is 9.78 Å². The molecule has 4 rings (SSSR count). The average Bonchev–Trinajstić information content (AvgIpc) is 3.36. The summed E-state index contributed by atoms with van der Waals surface area (Å²) in [5, 5.41) is 4.23. The lowest BCUT2D eigenvalue weighted by molar-refractivity contribution is -0.113. The third-order valence-electron chi connectivity index (χ3n) is 4.65. The Hall–Kier alpha value is -3.02. The number of fused-ring (bicyclic) bond motifs is 1. The van der Waals surface area contributed by atoms with E-state index in [-0.39, 0.29) is 17.2 Å². The Kier molecular flexibility index (Phi) is 6.91. The van der Waals surface area contributed by atoms with Gasteiger partial charge < -0.3 is 10.1 Å². The molecule has 1 N–H and O–H groups in total. The van der Waals surface area contributed by atoms with E-state index in [1.807, 2.05) is 32.0 Å². The Morgan fingerprint density at radius 2 is 2.00 bits per heavy atom. The number of amides is 1. The van der Waals surface area contributed by atoms with Crippen molar-refractivity contribution in [2.45, 2.75) is 25.5 Å². The van der Waals surface area contributed by atoms with Gasteiger partial charge in [0.15, 0.2) is 5.16 Å². The van der Waals surface area contributed by atoms with Crippen LogP contribution in [0.2, 0.25) is 0 Å². The minimum Gasteiger partial charge on any atom is -0.465 e. The number of carbonyl (C=O) groups excluding carboxylic acids is 2. The van der Waals surface area contributed by atoms with Crippen LogP contribution in [-0.2, 0) is 16.1 Å². The Morgan fingerprint density at radius 1 is 1.21 bits per heavy atom. The standard InChI is InChI=1S/C22H20N4O4S3/c1-12-7-15-18(32-12)25-22(26(20(15)28)10-14-5-4-6-23-9-14)31-11-17(27)24-19-16(21(29)30-3)8-13(2)33-19/h4-9H,10-11H2,1-3H3,(H,24,27). The van der Waals surface area contributed by atoms with Crippen molar-refractivity contribution < 1.29 is 14.3 Å². The zero-order valence-electron chi connectivity index (χ0n) is 18.1. The van der Waals surface area contributed by atoms with E-state index in [1.165, 1.54) is 41.5 Å². The van der Waals surface area contributed by atoms with Gasteiger partial charge in [0, 0.05) is 22.1 Å². The Morgan fingerprint density at radius 3 is 2.73 bits per heavy atom. The highest BCUT2D eigenvalue weighted by atomic mass is 32.2. The van der Waals surface area contributed by atoms with Crippen molar-refractivity contribution in [3.05, 3.63) is 67.9 Å². The van der Waals surface area contributed by atoms with Gasteiger partial charge in [-0.3, -0.25) is 19.1 Å². The molecule has 33 heavy (non-hydrogen) atoms. The lowest BCUT2D eigenvalue weighted by Gasteiger charge is -2.12. The zero-order valence-corrected chi connectivity index (χ0v) is 20.5. The van der Waals surface area contributed by atoms with Crippen molar-refractivity contribution in [1.82, 2.24) is 14.5 Å². The fraction of sp³-hybridized carbons (Fsp3) is 0.227. The summed E-state index contributed by atoms with van der Waals surface area (Å²) in [5.41, 5.74) is 1.02. The topological polar surface area (TPSA) is 103 Å². The van der Waals surface area contributed by atoms with Crippen molar-refractivity contribution in [3.8, 4) is 0 Å². The predicted molar refractivity (Wildman–Crippen MR) is 132 cm³/mol. The molecule has 1 amide bonds. The first kappa shape index (κ1) is 23.1. The molecule has 0 bridgehead atoms. The number of thiophene rings is 2. The van der Waals surface area contributed by atoms with Crippen LogP contribution in [0, 0.1) is 13.8 Å². The van der Waals surface area contributed by atoms with Crippen molar-refractivity contribution in [1.29, 1.82) is 0 Å². The van der Waals surface area contributed by atoms with Crippen LogP contribution >= 0.6 is 34.4 Å². The molecule has 4 heterocycles. The summed E-state index contributed by atoms with van der Waals surface area (Å²) < 4.78 is 6.36. The van der Waals surface area contributed by atoms with Crippen LogP contribution in [-0.4, -0.2) is 39.3 Å². The molecule has 0 saturated heterocycles. The first-order valence-electron chi connectivity index (χ1n) is 9.87. The number of anilines is 1. The molecule has 4 aromatic heterocycles. The van der Waals surface area contributed by atoms with E-state index < -0.39 is 5.97 Å². The summed E-state index contributed by atoms with van der Waals surface area (Å²) >= 11 is 3.92. The number of nitrogens with one attached hydrogen (secondary N) is 1. The predicted octanol–water partition coefficient (Wildman–Crippen LogP) is 4.10. The number of esters is 1. The molecule has 0 unspecified atom stereocenters. The largest absolute Gasteiger partial charge is 0.465 e. The molecule has 0 spiro atoms. The lowest BCUT2D eigenvalue weighted by Crippen LogP contribution is -2.24. The van der Waals surface area contributed by atoms with Crippen LogP contribution in [0.25, 0.3) is 10.2 Å². The van der Waals surface area contributed by atoms with Crippen LogP contribution in [0.5, 0.6) is 0 Å².